The number of unbranched alkanes of at least 4 members (excludes halogenated alkanes) is 18. The van der Waals surface area contributed by atoms with E-state index >= 15 is 0 Å². The third-order valence-corrected chi connectivity index (χ3v) is 9.12. The first kappa shape index (κ1) is 43.0. The van der Waals surface area contributed by atoms with Gasteiger partial charge in [0.25, 0.3) is 0 Å². The van der Waals surface area contributed by atoms with Crippen LogP contribution in [0, 0.1) is 0 Å². The summed E-state index contributed by atoms with van der Waals surface area (Å²) in [5, 5.41) is 53.6. The molecule has 7 unspecified atom stereocenters. The number of carbonyl (C=O) groups excluding carboxylic acids is 1. The standard InChI is InChI=1S/C37H71NO8/c1-3-5-7-9-10-11-12-13-14-15-16-17-18-19-20-21-23-25-27-33(41)38-30(31(40)26-24-22-8-6-4-2)29-45-37-36(44)35(43)34(42)32(28-39)46-37/h14-15,30-32,34-37,39-40,42-44H,3-13,16-29H2,1-2H3,(H,38,41)/b15-14-. The monoisotopic (exact) mass is 658 g/mol. The highest BCUT2D eigenvalue weighted by molar-refractivity contribution is 5.76. The highest BCUT2D eigenvalue weighted by Crippen LogP contribution is 2.23. The average Bonchev–Trinajstić information content (AvgIpc) is 3.05. The normalized spacial score (nSPS) is 23.2. The highest BCUT2D eigenvalue weighted by atomic mass is 16.7. The zero-order valence-electron chi connectivity index (χ0n) is 29.3. The fraction of sp³-hybridized carbons (Fsp3) is 0.919. The fourth-order valence-electron chi connectivity index (χ4n) is 5.98. The molecule has 0 aromatic rings. The second-order valence-electron chi connectivity index (χ2n) is 13.4. The van der Waals surface area contributed by atoms with Crippen LogP contribution in [0.5, 0.6) is 0 Å². The zero-order valence-corrected chi connectivity index (χ0v) is 29.3. The molecule has 1 saturated heterocycles. The maximum Gasteiger partial charge on any atom is 0.220 e. The number of nitrogens with one attached hydrogen (secondary N) is 1. The van der Waals surface area contributed by atoms with E-state index in [9.17, 15) is 30.3 Å². The van der Waals surface area contributed by atoms with Crippen LogP contribution in [-0.2, 0) is 14.3 Å². The Morgan fingerprint density at radius 3 is 1.76 bits per heavy atom. The predicted octanol–water partition coefficient (Wildman–Crippen LogP) is 6.22. The Labute approximate surface area is 280 Å². The first-order valence-corrected chi connectivity index (χ1v) is 18.9. The Bertz CT molecular complexity index is 736. The summed E-state index contributed by atoms with van der Waals surface area (Å²) >= 11 is 0. The molecular formula is C37H71NO8. The van der Waals surface area contributed by atoms with E-state index in [1.165, 1.54) is 83.5 Å². The largest absolute Gasteiger partial charge is 0.394 e. The lowest BCUT2D eigenvalue weighted by Crippen LogP contribution is -2.60. The molecule has 6 N–H and O–H groups in total. The van der Waals surface area contributed by atoms with Gasteiger partial charge in [0.1, 0.15) is 24.4 Å². The lowest BCUT2D eigenvalue weighted by Gasteiger charge is -2.40. The molecule has 1 fully saturated rings. The molecule has 0 spiro atoms. The lowest BCUT2D eigenvalue weighted by molar-refractivity contribution is -0.302. The van der Waals surface area contributed by atoms with Crippen molar-refractivity contribution in [3.8, 4) is 0 Å². The minimum atomic E-state index is -1.55. The van der Waals surface area contributed by atoms with E-state index in [4.69, 9.17) is 9.47 Å². The van der Waals surface area contributed by atoms with E-state index in [-0.39, 0.29) is 12.5 Å². The summed E-state index contributed by atoms with van der Waals surface area (Å²) in [7, 11) is 0. The van der Waals surface area contributed by atoms with Gasteiger partial charge in [-0.15, -0.1) is 0 Å². The lowest BCUT2D eigenvalue weighted by atomic mass is 9.99. The molecule has 0 aromatic heterocycles. The Hall–Kier alpha value is -1.07. The summed E-state index contributed by atoms with van der Waals surface area (Å²) in [6.45, 7) is 3.72. The zero-order chi connectivity index (χ0) is 33.8. The molecule has 1 amide bonds. The topological polar surface area (TPSA) is 149 Å². The Morgan fingerprint density at radius 1 is 0.717 bits per heavy atom. The number of amides is 1. The maximum atomic E-state index is 12.8. The van der Waals surface area contributed by atoms with E-state index in [2.05, 4.69) is 31.3 Å². The van der Waals surface area contributed by atoms with Gasteiger partial charge in [-0.25, -0.2) is 0 Å². The molecular weight excluding hydrogens is 586 g/mol. The Balaban J connectivity index is 2.28. The number of aliphatic hydroxyl groups excluding tert-OH is 5. The molecule has 0 bridgehead atoms. The molecule has 272 valence electrons. The van der Waals surface area contributed by atoms with Crippen LogP contribution in [0.3, 0.4) is 0 Å². The first-order valence-electron chi connectivity index (χ1n) is 18.9. The van der Waals surface area contributed by atoms with Gasteiger partial charge < -0.3 is 40.3 Å². The number of ether oxygens (including phenoxy) is 2. The van der Waals surface area contributed by atoms with Crippen molar-refractivity contribution < 1.29 is 39.8 Å². The van der Waals surface area contributed by atoms with Gasteiger partial charge in [0, 0.05) is 6.42 Å². The van der Waals surface area contributed by atoms with E-state index in [0.29, 0.717) is 12.8 Å². The quantitative estimate of drug-likeness (QED) is 0.0394. The number of hydrogen-bond acceptors (Lipinski definition) is 8. The van der Waals surface area contributed by atoms with Crippen LogP contribution in [-0.4, -0.2) is 87.5 Å². The number of allylic oxidation sites excluding steroid dienone is 2. The van der Waals surface area contributed by atoms with Crippen molar-refractivity contribution in [2.45, 2.75) is 204 Å². The molecule has 0 aliphatic carbocycles. The van der Waals surface area contributed by atoms with Crippen molar-refractivity contribution in [2.24, 2.45) is 0 Å². The number of aliphatic hydroxyl groups is 5. The molecule has 1 rings (SSSR count). The predicted molar refractivity (Wildman–Crippen MR) is 184 cm³/mol. The third kappa shape index (κ3) is 20.3. The summed E-state index contributed by atoms with van der Waals surface area (Å²) in [6.07, 6.45) is 22.6. The number of hydrogen-bond donors (Lipinski definition) is 6. The van der Waals surface area contributed by atoms with Gasteiger partial charge in [0.05, 0.1) is 25.4 Å². The van der Waals surface area contributed by atoms with Crippen LogP contribution >= 0.6 is 0 Å². The molecule has 0 aromatic carbocycles. The minimum absolute atomic E-state index is 0.140. The van der Waals surface area contributed by atoms with E-state index in [0.717, 1.165) is 51.4 Å². The summed E-state index contributed by atoms with van der Waals surface area (Å²) < 4.78 is 11.1. The first-order chi connectivity index (χ1) is 22.3. The second kappa shape index (κ2) is 28.9. The molecule has 0 saturated carbocycles. The van der Waals surface area contributed by atoms with Crippen molar-refractivity contribution in [3.63, 3.8) is 0 Å². The summed E-state index contributed by atoms with van der Waals surface area (Å²) in [4.78, 5) is 12.8. The molecule has 9 heteroatoms. The van der Waals surface area contributed by atoms with Gasteiger partial charge in [-0.3, -0.25) is 4.79 Å². The average molecular weight is 658 g/mol. The second-order valence-corrected chi connectivity index (χ2v) is 13.4. The van der Waals surface area contributed by atoms with Gasteiger partial charge in [-0.1, -0.05) is 129 Å². The fourth-order valence-corrected chi connectivity index (χ4v) is 5.98. The molecule has 46 heavy (non-hydrogen) atoms. The van der Waals surface area contributed by atoms with Gasteiger partial charge in [-0.2, -0.15) is 0 Å². The smallest absolute Gasteiger partial charge is 0.220 e. The van der Waals surface area contributed by atoms with Crippen LogP contribution in [0.25, 0.3) is 0 Å². The molecule has 1 aliphatic rings. The van der Waals surface area contributed by atoms with E-state index < -0.39 is 49.5 Å². The van der Waals surface area contributed by atoms with Crippen LogP contribution < -0.4 is 5.32 Å². The number of carbonyl (C=O) groups is 1. The molecule has 9 nitrogen and oxygen atoms in total. The van der Waals surface area contributed by atoms with Crippen LogP contribution in [0.15, 0.2) is 12.2 Å². The van der Waals surface area contributed by atoms with Crippen molar-refractivity contribution >= 4 is 5.91 Å². The third-order valence-electron chi connectivity index (χ3n) is 9.12. The van der Waals surface area contributed by atoms with E-state index in [1.807, 2.05) is 0 Å². The van der Waals surface area contributed by atoms with Crippen molar-refractivity contribution in [3.05, 3.63) is 12.2 Å². The highest BCUT2D eigenvalue weighted by Gasteiger charge is 2.44. The van der Waals surface area contributed by atoms with Crippen molar-refractivity contribution in [1.29, 1.82) is 0 Å². The minimum Gasteiger partial charge on any atom is -0.394 e. The SMILES string of the molecule is CCCCCCCCC/C=C\CCCCCCCCCC(=O)NC(COC1OC(CO)C(O)C(O)C1O)C(O)CCCCCCC. The van der Waals surface area contributed by atoms with Crippen molar-refractivity contribution in [2.75, 3.05) is 13.2 Å². The van der Waals surface area contributed by atoms with Gasteiger partial charge in [-0.05, 0) is 38.5 Å². The van der Waals surface area contributed by atoms with E-state index in [1.54, 1.807) is 0 Å². The maximum absolute atomic E-state index is 12.8. The molecule has 1 aliphatic heterocycles. The van der Waals surface area contributed by atoms with Gasteiger partial charge in [0.15, 0.2) is 6.29 Å². The van der Waals surface area contributed by atoms with Gasteiger partial charge in [0.2, 0.25) is 5.91 Å². The van der Waals surface area contributed by atoms with Crippen molar-refractivity contribution in [1.82, 2.24) is 5.32 Å². The summed E-state index contributed by atoms with van der Waals surface area (Å²) in [5.41, 5.74) is 0. The van der Waals surface area contributed by atoms with Gasteiger partial charge >= 0.3 is 0 Å². The van der Waals surface area contributed by atoms with Crippen LogP contribution in [0.4, 0.5) is 0 Å². The number of rotatable bonds is 30. The van der Waals surface area contributed by atoms with Crippen LogP contribution in [0.2, 0.25) is 0 Å². The van der Waals surface area contributed by atoms with Crippen LogP contribution in [0.1, 0.15) is 162 Å². The summed E-state index contributed by atoms with van der Waals surface area (Å²) in [6, 6.07) is -0.712. The Kier molecular flexibility index (Phi) is 27.0. The summed E-state index contributed by atoms with van der Waals surface area (Å²) in [5.74, 6) is -0.157. The Morgan fingerprint density at radius 2 is 1.22 bits per heavy atom. The molecule has 1 heterocycles. The molecule has 7 atom stereocenters. The molecule has 0 radical (unpaired) electrons.